The molecule has 0 aromatic heterocycles. The molecule has 2 saturated heterocycles. The number of benzene rings is 1. The van der Waals surface area contributed by atoms with Gasteiger partial charge in [0.15, 0.2) is 0 Å². The van der Waals surface area contributed by atoms with Crippen molar-refractivity contribution in [3.8, 4) is 0 Å². The minimum atomic E-state index is -0.572. The first-order chi connectivity index (χ1) is 11.7. The van der Waals surface area contributed by atoms with Crippen LogP contribution in [0.4, 0.5) is 5.69 Å². The highest BCUT2D eigenvalue weighted by Gasteiger charge is 2.47. The van der Waals surface area contributed by atoms with Crippen LogP contribution in [0.25, 0.3) is 0 Å². The molecule has 0 radical (unpaired) electrons. The van der Waals surface area contributed by atoms with Crippen LogP contribution in [0.5, 0.6) is 0 Å². The molecule has 0 bridgehead atoms. The van der Waals surface area contributed by atoms with Gasteiger partial charge in [-0.3, -0.25) is 19.4 Å². The number of hydrogen-bond acceptors (Lipinski definition) is 5. The molecule has 1 aromatic rings. The highest BCUT2D eigenvalue weighted by atomic mass is 35.5. The molecule has 0 spiro atoms. The summed E-state index contributed by atoms with van der Waals surface area (Å²) in [5.74, 6) is -0.396. The third-order valence-electron chi connectivity index (χ3n) is 4.23. The highest BCUT2D eigenvalue weighted by Crippen LogP contribution is 2.31. The summed E-state index contributed by atoms with van der Waals surface area (Å²) in [4.78, 5) is 28.8. The lowest BCUT2D eigenvalue weighted by molar-refractivity contribution is -0.162. The smallest absolute Gasteiger partial charge is 0.325 e. The molecule has 0 aliphatic carbocycles. The minimum Gasteiger partial charge on any atom is -0.459 e. The molecule has 2 unspecified atom stereocenters. The summed E-state index contributed by atoms with van der Waals surface area (Å²) in [5.41, 5.74) is 0.0914. The molecule has 1 amide bonds. The fourth-order valence-corrected chi connectivity index (χ4v) is 3.39. The lowest BCUT2D eigenvalue weighted by Crippen LogP contribution is -2.60. The van der Waals surface area contributed by atoms with Crippen LogP contribution in [0.15, 0.2) is 18.2 Å². The number of esters is 1. The van der Waals surface area contributed by atoms with E-state index in [0.717, 1.165) is 0 Å². The number of nitrogens with one attached hydrogen (secondary N) is 1. The summed E-state index contributed by atoms with van der Waals surface area (Å²) < 4.78 is 5.51. The van der Waals surface area contributed by atoms with Gasteiger partial charge in [0.1, 0.15) is 17.7 Å². The quantitative estimate of drug-likeness (QED) is 0.791. The van der Waals surface area contributed by atoms with Crippen LogP contribution in [0.1, 0.15) is 20.8 Å². The van der Waals surface area contributed by atoms with Crippen molar-refractivity contribution in [2.45, 2.75) is 38.5 Å². The number of ether oxygens (including phenoxy) is 1. The zero-order valence-electron chi connectivity index (χ0n) is 14.4. The minimum absolute atomic E-state index is 0.0702. The van der Waals surface area contributed by atoms with E-state index >= 15 is 0 Å². The molecule has 2 aliphatic heterocycles. The standard InChI is InChI=1S/C17H21Cl2N3O3/c1-17(2,3)25-16(24)14-8-20-7-13-15(23)21(9-22(13)14)10-4-5-11(18)12(19)6-10/h4-6,13-14,20H,7-9H2,1-3H3. The summed E-state index contributed by atoms with van der Waals surface area (Å²) in [6, 6.07) is 4.17. The Bertz CT molecular complexity index is 705. The van der Waals surface area contributed by atoms with E-state index in [1.54, 1.807) is 23.1 Å². The van der Waals surface area contributed by atoms with Crippen LogP contribution >= 0.6 is 23.2 Å². The Morgan fingerprint density at radius 3 is 2.60 bits per heavy atom. The predicted octanol–water partition coefficient (Wildman–Crippen LogP) is 2.28. The molecule has 3 rings (SSSR count). The first-order valence-corrected chi connectivity index (χ1v) is 8.89. The molecule has 25 heavy (non-hydrogen) atoms. The van der Waals surface area contributed by atoms with E-state index in [2.05, 4.69) is 5.32 Å². The maximum Gasteiger partial charge on any atom is 0.325 e. The summed E-state index contributed by atoms with van der Waals surface area (Å²) in [6.07, 6.45) is 0. The van der Waals surface area contributed by atoms with E-state index in [0.29, 0.717) is 35.5 Å². The molecular formula is C17H21Cl2N3O3. The van der Waals surface area contributed by atoms with Gasteiger partial charge in [0.2, 0.25) is 5.91 Å². The SMILES string of the molecule is CC(C)(C)OC(=O)C1CNCC2C(=O)N(c3ccc(Cl)c(Cl)c3)CN12. The first kappa shape index (κ1) is 18.5. The Balaban J connectivity index is 1.83. The molecule has 2 atom stereocenters. The normalized spacial score (nSPS) is 24.4. The number of hydrogen-bond donors (Lipinski definition) is 1. The Morgan fingerprint density at radius 2 is 1.96 bits per heavy atom. The number of carbonyl (C=O) groups excluding carboxylic acids is 2. The monoisotopic (exact) mass is 385 g/mol. The average molecular weight is 386 g/mol. The van der Waals surface area contributed by atoms with Gasteiger partial charge in [0.25, 0.3) is 0 Å². The maximum absolute atomic E-state index is 12.8. The first-order valence-electron chi connectivity index (χ1n) is 8.13. The maximum atomic E-state index is 12.8. The van der Waals surface area contributed by atoms with Gasteiger partial charge in [-0.05, 0) is 39.0 Å². The van der Waals surface area contributed by atoms with Gasteiger partial charge < -0.3 is 10.1 Å². The molecular weight excluding hydrogens is 365 g/mol. The Hall–Kier alpha value is -1.34. The summed E-state index contributed by atoms with van der Waals surface area (Å²) in [5, 5.41) is 3.98. The summed E-state index contributed by atoms with van der Waals surface area (Å²) in [6.45, 7) is 6.75. The van der Waals surface area contributed by atoms with Crippen molar-refractivity contribution in [2.75, 3.05) is 24.7 Å². The largest absolute Gasteiger partial charge is 0.459 e. The second kappa shape index (κ2) is 6.76. The van der Waals surface area contributed by atoms with Crippen molar-refractivity contribution >= 4 is 40.8 Å². The third-order valence-corrected chi connectivity index (χ3v) is 4.96. The number of rotatable bonds is 2. The van der Waals surface area contributed by atoms with E-state index in [-0.39, 0.29) is 11.9 Å². The van der Waals surface area contributed by atoms with E-state index in [1.165, 1.54) is 0 Å². The number of fused-ring (bicyclic) bond motifs is 1. The van der Waals surface area contributed by atoms with Crippen LogP contribution in [-0.4, -0.2) is 54.2 Å². The van der Waals surface area contributed by atoms with Gasteiger partial charge >= 0.3 is 5.97 Å². The van der Waals surface area contributed by atoms with E-state index in [4.69, 9.17) is 27.9 Å². The summed E-state index contributed by atoms with van der Waals surface area (Å²) >= 11 is 12.0. The molecule has 136 valence electrons. The van der Waals surface area contributed by atoms with Crippen molar-refractivity contribution in [3.63, 3.8) is 0 Å². The zero-order chi connectivity index (χ0) is 18.4. The van der Waals surface area contributed by atoms with Crippen molar-refractivity contribution < 1.29 is 14.3 Å². The zero-order valence-corrected chi connectivity index (χ0v) is 15.9. The van der Waals surface area contributed by atoms with Crippen LogP contribution in [0.2, 0.25) is 10.0 Å². The molecule has 1 aromatic carbocycles. The van der Waals surface area contributed by atoms with Gasteiger partial charge in [-0.2, -0.15) is 0 Å². The molecule has 2 heterocycles. The van der Waals surface area contributed by atoms with E-state index in [1.807, 2.05) is 25.7 Å². The van der Waals surface area contributed by atoms with Crippen LogP contribution in [0, 0.1) is 0 Å². The van der Waals surface area contributed by atoms with Gasteiger partial charge in [-0.15, -0.1) is 0 Å². The topological polar surface area (TPSA) is 61.9 Å². The highest BCUT2D eigenvalue weighted by molar-refractivity contribution is 6.42. The third kappa shape index (κ3) is 3.77. The second-order valence-electron chi connectivity index (χ2n) is 7.24. The van der Waals surface area contributed by atoms with E-state index < -0.39 is 17.7 Å². The molecule has 2 fully saturated rings. The van der Waals surface area contributed by atoms with Crippen molar-refractivity contribution in [1.82, 2.24) is 10.2 Å². The van der Waals surface area contributed by atoms with Gasteiger partial charge in [0, 0.05) is 18.8 Å². The van der Waals surface area contributed by atoms with Gasteiger partial charge in [0.05, 0.1) is 16.7 Å². The Labute approximate surface area is 157 Å². The lowest BCUT2D eigenvalue weighted by Gasteiger charge is -2.35. The van der Waals surface area contributed by atoms with Crippen LogP contribution in [0.3, 0.4) is 0 Å². The number of piperazine rings is 1. The average Bonchev–Trinajstić information content (AvgIpc) is 2.85. The second-order valence-corrected chi connectivity index (χ2v) is 8.06. The van der Waals surface area contributed by atoms with Crippen molar-refractivity contribution in [1.29, 1.82) is 0 Å². The number of halogens is 2. The molecule has 8 heteroatoms. The molecule has 0 saturated carbocycles. The van der Waals surface area contributed by atoms with Crippen molar-refractivity contribution in [3.05, 3.63) is 28.2 Å². The van der Waals surface area contributed by atoms with Gasteiger partial charge in [-0.1, -0.05) is 23.2 Å². The fourth-order valence-electron chi connectivity index (χ4n) is 3.10. The molecule has 2 aliphatic rings. The molecule has 1 N–H and O–H groups in total. The van der Waals surface area contributed by atoms with Crippen LogP contribution < -0.4 is 10.2 Å². The predicted molar refractivity (Wildman–Crippen MR) is 96.9 cm³/mol. The fraction of sp³-hybridized carbons (Fsp3) is 0.529. The number of anilines is 1. The Kier molecular flexibility index (Phi) is 4.99. The van der Waals surface area contributed by atoms with Crippen LogP contribution in [-0.2, 0) is 14.3 Å². The van der Waals surface area contributed by atoms with Crippen molar-refractivity contribution in [2.24, 2.45) is 0 Å². The lowest BCUT2D eigenvalue weighted by atomic mass is 10.1. The van der Waals surface area contributed by atoms with E-state index in [9.17, 15) is 9.59 Å². The van der Waals surface area contributed by atoms with Gasteiger partial charge in [-0.25, -0.2) is 0 Å². The number of carbonyl (C=O) groups is 2. The molecule has 6 nitrogen and oxygen atoms in total. The number of nitrogens with zero attached hydrogens (tertiary/aromatic N) is 2. The summed E-state index contributed by atoms with van der Waals surface area (Å²) in [7, 11) is 0. The Morgan fingerprint density at radius 1 is 1.24 bits per heavy atom. The number of amides is 1.